The van der Waals surface area contributed by atoms with Crippen LogP contribution in [0.2, 0.25) is 0 Å². The normalized spacial score (nSPS) is 9.69. The number of nitrogen functional groups attached to an aromatic ring is 1. The van der Waals surface area contributed by atoms with E-state index in [0.29, 0.717) is 11.4 Å². The predicted octanol–water partition coefficient (Wildman–Crippen LogP) is 1.79. The van der Waals surface area contributed by atoms with Gasteiger partial charge in [0.2, 0.25) is 5.91 Å². The first kappa shape index (κ1) is 9.58. The fourth-order valence-corrected chi connectivity index (χ4v) is 1.14. The molecule has 0 saturated carbocycles. The minimum atomic E-state index is -0.101. The minimum absolute atomic E-state index is 0.101. The molecular weight excluding hydrogens is 164 g/mol. The zero-order chi connectivity index (χ0) is 9.84. The van der Waals surface area contributed by atoms with Crippen LogP contribution in [-0.4, -0.2) is 5.91 Å². The number of hydrogen-bond donors (Lipinski definition) is 2. The molecule has 3 nitrogen and oxygen atoms in total. The third kappa shape index (κ3) is 2.47. The first-order chi connectivity index (χ1) is 6.13. The second kappa shape index (κ2) is 3.94. The zero-order valence-corrected chi connectivity index (χ0v) is 7.92. The first-order valence-electron chi connectivity index (χ1n) is 4.29. The number of anilines is 2. The molecule has 0 aliphatic heterocycles. The van der Waals surface area contributed by atoms with Gasteiger partial charge in [0.25, 0.3) is 0 Å². The van der Waals surface area contributed by atoms with Gasteiger partial charge in [0.15, 0.2) is 0 Å². The zero-order valence-electron chi connectivity index (χ0n) is 7.92. The lowest BCUT2D eigenvalue weighted by molar-refractivity contribution is -0.114. The van der Waals surface area contributed by atoms with Crippen LogP contribution >= 0.6 is 0 Å². The van der Waals surface area contributed by atoms with E-state index in [2.05, 4.69) is 12.2 Å². The smallest absolute Gasteiger partial charge is 0.221 e. The van der Waals surface area contributed by atoms with E-state index in [1.165, 1.54) is 12.5 Å². The SMILES string of the molecule is CCc1ccc(NC(C)=O)c(N)c1. The second-order valence-electron chi connectivity index (χ2n) is 2.96. The Morgan fingerprint density at radius 1 is 1.54 bits per heavy atom. The number of hydrogen-bond acceptors (Lipinski definition) is 2. The van der Waals surface area contributed by atoms with Gasteiger partial charge in [-0.2, -0.15) is 0 Å². The average Bonchev–Trinajstić information content (AvgIpc) is 2.08. The molecule has 1 rings (SSSR count). The minimum Gasteiger partial charge on any atom is -0.397 e. The Hall–Kier alpha value is -1.51. The van der Waals surface area contributed by atoms with Crippen LogP contribution in [0.1, 0.15) is 19.4 Å². The highest BCUT2D eigenvalue weighted by molar-refractivity contribution is 5.92. The van der Waals surface area contributed by atoms with E-state index in [1.807, 2.05) is 18.2 Å². The van der Waals surface area contributed by atoms with Crippen LogP contribution in [0.5, 0.6) is 0 Å². The van der Waals surface area contributed by atoms with Gasteiger partial charge < -0.3 is 11.1 Å². The lowest BCUT2D eigenvalue weighted by atomic mass is 10.1. The van der Waals surface area contributed by atoms with Gasteiger partial charge in [-0.25, -0.2) is 0 Å². The highest BCUT2D eigenvalue weighted by atomic mass is 16.1. The van der Waals surface area contributed by atoms with Crippen molar-refractivity contribution in [3.05, 3.63) is 23.8 Å². The molecule has 0 radical (unpaired) electrons. The third-order valence-corrected chi connectivity index (χ3v) is 1.83. The lowest BCUT2D eigenvalue weighted by Gasteiger charge is -2.07. The Labute approximate surface area is 77.9 Å². The second-order valence-corrected chi connectivity index (χ2v) is 2.96. The Morgan fingerprint density at radius 2 is 2.23 bits per heavy atom. The van der Waals surface area contributed by atoms with Gasteiger partial charge in [0, 0.05) is 6.92 Å². The molecule has 0 bridgehead atoms. The van der Waals surface area contributed by atoms with Crippen molar-refractivity contribution in [2.24, 2.45) is 0 Å². The number of carbonyl (C=O) groups is 1. The number of carbonyl (C=O) groups excluding carboxylic acids is 1. The molecule has 1 amide bonds. The number of aryl methyl sites for hydroxylation is 1. The predicted molar refractivity (Wildman–Crippen MR) is 54.5 cm³/mol. The third-order valence-electron chi connectivity index (χ3n) is 1.83. The monoisotopic (exact) mass is 178 g/mol. The quantitative estimate of drug-likeness (QED) is 0.678. The summed E-state index contributed by atoms with van der Waals surface area (Å²) in [5, 5.41) is 2.66. The van der Waals surface area contributed by atoms with Crippen LogP contribution in [0.15, 0.2) is 18.2 Å². The van der Waals surface area contributed by atoms with Crippen molar-refractivity contribution in [3.8, 4) is 0 Å². The molecule has 3 heteroatoms. The van der Waals surface area contributed by atoms with Gasteiger partial charge in [0.1, 0.15) is 0 Å². The van der Waals surface area contributed by atoms with Crippen LogP contribution in [0.3, 0.4) is 0 Å². The van der Waals surface area contributed by atoms with Crippen molar-refractivity contribution < 1.29 is 4.79 Å². The molecule has 0 atom stereocenters. The standard InChI is InChI=1S/C10H14N2O/c1-3-8-4-5-10(9(11)6-8)12-7(2)13/h4-6H,3,11H2,1-2H3,(H,12,13). The number of benzene rings is 1. The van der Waals surface area contributed by atoms with E-state index in [1.54, 1.807) is 0 Å². The van der Waals surface area contributed by atoms with Crippen LogP contribution < -0.4 is 11.1 Å². The fourth-order valence-electron chi connectivity index (χ4n) is 1.14. The maximum absolute atomic E-state index is 10.8. The van der Waals surface area contributed by atoms with E-state index in [0.717, 1.165) is 6.42 Å². The molecule has 0 fully saturated rings. The number of rotatable bonds is 2. The summed E-state index contributed by atoms with van der Waals surface area (Å²) in [7, 11) is 0. The molecule has 0 saturated heterocycles. The largest absolute Gasteiger partial charge is 0.397 e. The van der Waals surface area contributed by atoms with Crippen molar-refractivity contribution in [1.82, 2.24) is 0 Å². The van der Waals surface area contributed by atoms with Gasteiger partial charge >= 0.3 is 0 Å². The molecule has 70 valence electrons. The molecule has 0 aliphatic rings. The Balaban J connectivity index is 2.91. The first-order valence-corrected chi connectivity index (χ1v) is 4.29. The Morgan fingerprint density at radius 3 is 2.69 bits per heavy atom. The van der Waals surface area contributed by atoms with E-state index >= 15 is 0 Å². The topological polar surface area (TPSA) is 55.1 Å². The van der Waals surface area contributed by atoms with Crippen molar-refractivity contribution >= 4 is 17.3 Å². The molecule has 0 aliphatic carbocycles. The van der Waals surface area contributed by atoms with Crippen molar-refractivity contribution in [2.45, 2.75) is 20.3 Å². The van der Waals surface area contributed by atoms with Gasteiger partial charge in [-0.1, -0.05) is 13.0 Å². The highest BCUT2D eigenvalue weighted by Gasteiger charge is 2.00. The average molecular weight is 178 g/mol. The summed E-state index contributed by atoms with van der Waals surface area (Å²) in [4.78, 5) is 10.8. The number of nitrogens with one attached hydrogen (secondary N) is 1. The molecule has 1 aromatic rings. The summed E-state index contributed by atoms with van der Waals surface area (Å²) in [6.45, 7) is 3.53. The molecule has 0 heterocycles. The highest BCUT2D eigenvalue weighted by Crippen LogP contribution is 2.19. The number of amides is 1. The summed E-state index contributed by atoms with van der Waals surface area (Å²) in [6.07, 6.45) is 0.949. The Bertz CT molecular complexity index is 321. The lowest BCUT2D eigenvalue weighted by Crippen LogP contribution is -2.08. The van der Waals surface area contributed by atoms with Crippen molar-refractivity contribution in [1.29, 1.82) is 0 Å². The maximum atomic E-state index is 10.8. The molecule has 3 N–H and O–H groups in total. The van der Waals surface area contributed by atoms with Crippen molar-refractivity contribution in [2.75, 3.05) is 11.1 Å². The van der Waals surface area contributed by atoms with Crippen molar-refractivity contribution in [3.63, 3.8) is 0 Å². The van der Waals surface area contributed by atoms with E-state index in [4.69, 9.17) is 5.73 Å². The number of nitrogens with two attached hydrogens (primary N) is 1. The van der Waals surface area contributed by atoms with Gasteiger partial charge in [-0.3, -0.25) is 4.79 Å². The molecule has 0 spiro atoms. The molecule has 0 aromatic heterocycles. The summed E-state index contributed by atoms with van der Waals surface area (Å²) in [5.41, 5.74) is 8.21. The molecule has 13 heavy (non-hydrogen) atoms. The fraction of sp³-hybridized carbons (Fsp3) is 0.300. The van der Waals surface area contributed by atoms with Crippen LogP contribution in [0.4, 0.5) is 11.4 Å². The van der Waals surface area contributed by atoms with Crippen LogP contribution in [-0.2, 0) is 11.2 Å². The van der Waals surface area contributed by atoms with E-state index in [9.17, 15) is 4.79 Å². The molecule has 0 unspecified atom stereocenters. The van der Waals surface area contributed by atoms with E-state index in [-0.39, 0.29) is 5.91 Å². The summed E-state index contributed by atoms with van der Waals surface area (Å²) < 4.78 is 0. The van der Waals surface area contributed by atoms with Gasteiger partial charge in [-0.15, -0.1) is 0 Å². The summed E-state index contributed by atoms with van der Waals surface area (Å²) >= 11 is 0. The van der Waals surface area contributed by atoms with E-state index < -0.39 is 0 Å². The summed E-state index contributed by atoms with van der Waals surface area (Å²) in [5.74, 6) is -0.101. The maximum Gasteiger partial charge on any atom is 0.221 e. The summed E-state index contributed by atoms with van der Waals surface area (Å²) in [6, 6.07) is 5.67. The van der Waals surface area contributed by atoms with Gasteiger partial charge in [-0.05, 0) is 24.1 Å². The molecule has 1 aromatic carbocycles. The van der Waals surface area contributed by atoms with Gasteiger partial charge in [0.05, 0.1) is 11.4 Å². The van der Waals surface area contributed by atoms with Crippen LogP contribution in [0, 0.1) is 0 Å². The Kier molecular flexibility index (Phi) is 2.90. The van der Waals surface area contributed by atoms with Crippen LogP contribution in [0.25, 0.3) is 0 Å². The molecular formula is C10H14N2O.